The first-order valence-electron chi connectivity index (χ1n) is 11.9. The zero-order valence-corrected chi connectivity index (χ0v) is 21.4. The molecule has 0 fully saturated rings. The van der Waals surface area contributed by atoms with Gasteiger partial charge in [0.25, 0.3) is 5.91 Å². The molecule has 6 nitrogen and oxygen atoms in total. The number of aliphatic carboxylic acids is 1. The van der Waals surface area contributed by atoms with E-state index in [9.17, 15) is 14.0 Å². The second kappa shape index (κ2) is 10.8. The first kappa shape index (κ1) is 25.1. The standard InChI is InChI=1S/C30H24FN3O3S/c1-33(18-28(35)36)29(37)22-12-10-20(11-13-22)17-34(27-9-5-4-8-25(27)31)30-32-26(19-38-30)24-15-14-21-6-2-3-7-23(21)16-24/h2-16,19H,17-18H2,1H3,(H,35,36). The van der Waals surface area contributed by atoms with E-state index in [1.54, 1.807) is 42.5 Å². The van der Waals surface area contributed by atoms with E-state index in [0.717, 1.165) is 32.5 Å². The molecule has 0 saturated carbocycles. The minimum Gasteiger partial charge on any atom is -0.480 e. The number of thiazole rings is 1. The lowest BCUT2D eigenvalue weighted by Gasteiger charge is -2.23. The van der Waals surface area contributed by atoms with E-state index >= 15 is 0 Å². The number of anilines is 2. The van der Waals surface area contributed by atoms with E-state index < -0.39 is 5.97 Å². The van der Waals surface area contributed by atoms with Crippen LogP contribution in [-0.2, 0) is 11.3 Å². The van der Waals surface area contributed by atoms with E-state index in [4.69, 9.17) is 10.1 Å². The Labute approximate surface area is 223 Å². The molecule has 0 unspecified atom stereocenters. The van der Waals surface area contributed by atoms with Gasteiger partial charge in [0.1, 0.15) is 12.4 Å². The molecule has 5 aromatic rings. The quantitative estimate of drug-likeness (QED) is 0.247. The normalized spacial score (nSPS) is 10.9. The van der Waals surface area contributed by atoms with E-state index in [-0.39, 0.29) is 18.3 Å². The predicted molar refractivity (Wildman–Crippen MR) is 148 cm³/mol. The molecule has 1 aromatic heterocycles. The number of carbonyl (C=O) groups excluding carboxylic acids is 1. The Morgan fingerprint density at radius 2 is 1.63 bits per heavy atom. The van der Waals surface area contributed by atoms with Gasteiger partial charge in [-0.15, -0.1) is 11.3 Å². The smallest absolute Gasteiger partial charge is 0.323 e. The van der Waals surface area contributed by atoms with Crippen LogP contribution in [0.4, 0.5) is 15.2 Å². The first-order chi connectivity index (χ1) is 18.4. The Kier molecular flexibility index (Phi) is 7.15. The van der Waals surface area contributed by atoms with E-state index in [1.807, 2.05) is 28.5 Å². The van der Waals surface area contributed by atoms with Crippen molar-refractivity contribution >= 4 is 44.8 Å². The lowest BCUT2D eigenvalue weighted by molar-refractivity contribution is -0.137. The van der Waals surface area contributed by atoms with E-state index in [2.05, 4.69) is 24.3 Å². The molecule has 0 aliphatic rings. The van der Waals surface area contributed by atoms with Crippen molar-refractivity contribution in [1.29, 1.82) is 0 Å². The maximum Gasteiger partial charge on any atom is 0.323 e. The SMILES string of the molecule is CN(CC(=O)O)C(=O)c1ccc(CN(c2nc(-c3ccc4ccccc4c3)cs2)c2ccccc2F)cc1. The molecule has 0 radical (unpaired) electrons. The highest BCUT2D eigenvalue weighted by atomic mass is 32.1. The van der Waals surface area contributed by atoms with Gasteiger partial charge in [0.2, 0.25) is 0 Å². The summed E-state index contributed by atoms with van der Waals surface area (Å²) in [6.45, 7) is -0.0592. The number of benzene rings is 4. The van der Waals surface area contributed by atoms with Gasteiger partial charge in [-0.2, -0.15) is 0 Å². The first-order valence-corrected chi connectivity index (χ1v) is 12.8. The van der Waals surface area contributed by atoms with Crippen molar-refractivity contribution in [2.45, 2.75) is 6.54 Å². The molecule has 0 saturated heterocycles. The van der Waals surface area contributed by atoms with Crippen LogP contribution >= 0.6 is 11.3 Å². The maximum atomic E-state index is 14.9. The van der Waals surface area contributed by atoms with Crippen LogP contribution < -0.4 is 4.90 Å². The fourth-order valence-corrected chi connectivity index (χ4v) is 5.07. The van der Waals surface area contributed by atoms with Crippen molar-refractivity contribution in [3.05, 3.63) is 113 Å². The van der Waals surface area contributed by atoms with Crippen LogP contribution in [0.2, 0.25) is 0 Å². The van der Waals surface area contributed by atoms with Crippen molar-refractivity contribution in [2.24, 2.45) is 0 Å². The van der Waals surface area contributed by atoms with Crippen LogP contribution in [0.25, 0.3) is 22.0 Å². The number of aromatic nitrogens is 1. The minimum atomic E-state index is -1.08. The Bertz CT molecular complexity index is 1620. The average Bonchev–Trinajstić information content (AvgIpc) is 3.42. The van der Waals surface area contributed by atoms with Crippen molar-refractivity contribution in [2.75, 3.05) is 18.5 Å². The molecule has 190 valence electrons. The van der Waals surface area contributed by atoms with Crippen LogP contribution in [0.3, 0.4) is 0 Å². The second-order valence-corrected chi connectivity index (χ2v) is 9.70. The monoisotopic (exact) mass is 525 g/mol. The average molecular weight is 526 g/mol. The van der Waals surface area contributed by atoms with Crippen LogP contribution in [0.15, 0.2) is 96.4 Å². The number of para-hydroxylation sites is 1. The number of rotatable bonds is 8. The van der Waals surface area contributed by atoms with Crippen LogP contribution in [0, 0.1) is 5.82 Å². The summed E-state index contributed by atoms with van der Waals surface area (Å²) in [4.78, 5) is 31.3. The second-order valence-electron chi connectivity index (χ2n) is 8.87. The lowest BCUT2D eigenvalue weighted by atomic mass is 10.1. The van der Waals surface area contributed by atoms with Gasteiger partial charge in [-0.3, -0.25) is 9.59 Å². The zero-order chi connectivity index (χ0) is 26.6. The number of likely N-dealkylation sites (N-methyl/N-ethyl adjacent to an activating group) is 1. The van der Waals surface area contributed by atoms with Gasteiger partial charge < -0.3 is 14.9 Å². The molecular formula is C30H24FN3O3S. The number of fused-ring (bicyclic) bond motifs is 1. The lowest BCUT2D eigenvalue weighted by Crippen LogP contribution is -2.31. The van der Waals surface area contributed by atoms with Gasteiger partial charge in [0.15, 0.2) is 5.13 Å². The molecule has 0 atom stereocenters. The number of nitrogens with zero attached hydrogens (tertiary/aromatic N) is 3. The highest BCUT2D eigenvalue weighted by Crippen LogP contribution is 2.35. The summed E-state index contributed by atoms with van der Waals surface area (Å²) in [6, 6.07) is 27.8. The Morgan fingerprint density at radius 1 is 0.921 bits per heavy atom. The summed E-state index contributed by atoms with van der Waals surface area (Å²) in [5, 5.41) is 13.8. The summed E-state index contributed by atoms with van der Waals surface area (Å²) in [6.07, 6.45) is 0. The molecule has 1 amide bonds. The summed E-state index contributed by atoms with van der Waals surface area (Å²) < 4.78 is 14.9. The molecule has 1 N–H and O–H groups in total. The Hall–Kier alpha value is -4.56. The third kappa shape index (κ3) is 5.40. The summed E-state index contributed by atoms with van der Waals surface area (Å²) >= 11 is 1.43. The fourth-order valence-electron chi connectivity index (χ4n) is 4.23. The summed E-state index contributed by atoms with van der Waals surface area (Å²) in [5.41, 5.74) is 3.40. The molecule has 38 heavy (non-hydrogen) atoms. The Morgan fingerprint density at radius 3 is 2.37 bits per heavy atom. The minimum absolute atomic E-state index is 0.324. The molecule has 1 heterocycles. The summed E-state index contributed by atoms with van der Waals surface area (Å²) in [5.74, 6) is -1.83. The highest BCUT2D eigenvalue weighted by molar-refractivity contribution is 7.14. The van der Waals surface area contributed by atoms with Gasteiger partial charge in [-0.25, -0.2) is 9.37 Å². The number of carboxylic acids is 1. The molecule has 0 bridgehead atoms. The molecule has 0 spiro atoms. The molecular weight excluding hydrogens is 501 g/mol. The van der Waals surface area contributed by atoms with Crippen LogP contribution in [0.5, 0.6) is 0 Å². The number of carbonyl (C=O) groups is 2. The van der Waals surface area contributed by atoms with Crippen LogP contribution in [0.1, 0.15) is 15.9 Å². The van der Waals surface area contributed by atoms with Gasteiger partial charge in [0, 0.05) is 23.6 Å². The zero-order valence-electron chi connectivity index (χ0n) is 20.5. The summed E-state index contributed by atoms with van der Waals surface area (Å²) in [7, 11) is 1.44. The van der Waals surface area contributed by atoms with Crippen molar-refractivity contribution < 1.29 is 19.1 Å². The third-order valence-electron chi connectivity index (χ3n) is 6.17. The maximum absolute atomic E-state index is 14.9. The van der Waals surface area contributed by atoms with Gasteiger partial charge >= 0.3 is 5.97 Å². The number of carboxylic acid groups (broad SMARTS) is 1. The van der Waals surface area contributed by atoms with Gasteiger partial charge in [0.05, 0.1) is 17.9 Å². The molecule has 0 aliphatic heterocycles. The molecule has 8 heteroatoms. The molecule has 0 aliphatic carbocycles. The van der Waals surface area contributed by atoms with Crippen molar-refractivity contribution in [3.63, 3.8) is 0 Å². The molecule has 5 rings (SSSR count). The number of halogens is 1. The van der Waals surface area contributed by atoms with Crippen LogP contribution in [-0.4, -0.2) is 40.5 Å². The fraction of sp³-hybridized carbons (Fsp3) is 0.100. The third-order valence-corrected chi connectivity index (χ3v) is 7.04. The highest BCUT2D eigenvalue weighted by Gasteiger charge is 2.19. The van der Waals surface area contributed by atoms with Gasteiger partial charge in [-0.1, -0.05) is 60.7 Å². The van der Waals surface area contributed by atoms with Gasteiger partial charge in [-0.05, 0) is 46.7 Å². The van der Waals surface area contributed by atoms with Crippen molar-refractivity contribution in [1.82, 2.24) is 9.88 Å². The molecule has 4 aromatic carbocycles. The van der Waals surface area contributed by atoms with E-state index in [0.29, 0.717) is 22.9 Å². The largest absolute Gasteiger partial charge is 0.480 e. The number of hydrogen-bond acceptors (Lipinski definition) is 5. The van der Waals surface area contributed by atoms with Crippen molar-refractivity contribution in [3.8, 4) is 11.3 Å². The number of amides is 1. The predicted octanol–water partition coefficient (Wildman–Crippen LogP) is 6.60. The van der Waals surface area contributed by atoms with E-state index in [1.165, 1.54) is 24.5 Å². The Balaban J connectivity index is 1.44. The topological polar surface area (TPSA) is 73.7 Å². The number of hydrogen-bond donors (Lipinski definition) is 1.